The molecule has 0 saturated carbocycles. The van der Waals surface area contributed by atoms with Gasteiger partial charge in [0.25, 0.3) is 0 Å². The van der Waals surface area contributed by atoms with Gasteiger partial charge in [-0.25, -0.2) is 0 Å². The van der Waals surface area contributed by atoms with Crippen LogP contribution in [0.3, 0.4) is 0 Å². The van der Waals surface area contributed by atoms with Gasteiger partial charge in [0.1, 0.15) is 48.8 Å². The van der Waals surface area contributed by atoms with Crippen molar-refractivity contribution < 1.29 is 64.6 Å². The smallest absolute Gasteiger partial charge is 0.220 e. The van der Waals surface area contributed by atoms with Crippen LogP contribution in [0, 0.1) is 0 Å². The molecule has 2 fully saturated rings. The molecule has 0 radical (unpaired) electrons. The fourth-order valence-corrected chi connectivity index (χ4v) is 9.63. The maximum Gasteiger partial charge on any atom is 0.220 e. The SMILES string of the molecule is CCCCCCC/C=C\C/C=C\CCCCCCCCCCCCCCCCCCCC(=O)NC(COC1OC(CO)C(OC2OC(CO)C(O)C(O)C2O)C(O)C1O)C(O)/C=C/CC/C=C/CCCCCCC. The Balaban J connectivity index is 1.67. The van der Waals surface area contributed by atoms with Gasteiger partial charge in [0.2, 0.25) is 5.91 Å². The summed E-state index contributed by atoms with van der Waals surface area (Å²) in [6.45, 7) is 2.74. The number of ether oxygens (including phenoxy) is 4. The minimum absolute atomic E-state index is 0.250. The van der Waals surface area contributed by atoms with Gasteiger partial charge in [-0.15, -0.1) is 0 Å². The number of nitrogens with one attached hydrogen (secondary N) is 1. The third-order valence-electron chi connectivity index (χ3n) is 14.5. The van der Waals surface area contributed by atoms with Gasteiger partial charge in [0, 0.05) is 6.42 Å². The number of aliphatic hydroxyl groups excluding tert-OH is 8. The summed E-state index contributed by atoms with van der Waals surface area (Å²) in [5, 5.41) is 86.8. The molecule has 1 amide bonds. The van der Waals surface area contributed by atoms with Crippen molar-refractivity contribution in [3.05, 3.63) is 48.6 Å². The molecule has 12 unspecified atom stereocenters. The summed E-state index contributed by atoms with van der Waals surface area (Å²) in [4.78, 5) is 13.2. The molecule has 14 heteroatoms. The third-order valence-corrected chi connectivity index (χ3v) is 14.5. The lowest BCUT2D eigenvalue weighted by Crippen LogP contribution is -2.65. The van der Waals surface area contributed by atoms with Crippen LogP contribution in [0.4, 0.5) is 0 Å². The van der Waals surface area contributed by atoms with Gasteiger partial charge >= 0.3 is 0 Å². The molecule has 2 aliphatic heterocycles. The lowest BCUT2D eigenvalue weighted by Gasteiger charge is -2.46. The second-order valence-corrected chi connectivity index (χ2v) is 21.1. The zero-order valence-electron chi connectivity index (χ0n) is 46.3. The molecule has 0 aromatic carbocycles. The third kappa shape index (κ3) is 31.4. The summed E-state index contributed by atoms with van der Waals surface area (Å²) in [7, 11) is 0. The quantitative estimate of drug-likeness (QED) is 0.0205. The van der Waals surface area contributed by atoms with Crippen molar-refractivity contribution >= 4 is 5.91 Å². The highest BCUT2D eigenvalue weighted by atomic mass is 16.7. The number of carbonyl (C=O) groups excluding carboxylic acids is 1. The van der Waals surface area contributed by atoms with Gasteiger partial charge < -0.3 is 65.1 Å². The van der Waals surface area contributed by atoms with E-state index in [1.165, 1.54) is 161 Å². The van der Waals surface area contributed by atoms with Crippen LogP contribution >= 0.6 is 0 Å². The number of rotatable bonds is 47. The minimum atomic E-state index is -1.79. The monoisotopic (exact) mass is 1050 g/mol. The molecule has 14 nitrogen and oxygen atoms in total. The van der Waals surface area contributed by atoms with Crippen LogP contribution < -0.4 is 5.32 Å². The molecule has 0 aromatic heterocycles. The van der Waals surface area contributed by atoms with Gasteiger partial charge in [0.15, 0.2) is 12.6 Å². The van der Waals surface area contributed by atoms with Crippen molar-refractivity contribution in [2.24, 2.45) is 0 Å². The minimum Gasteiger partial charge on any atom is -0.394 e. The Hall–Kier alpha value is -2.05. The van der Waals surface area contributed by atoms with E-state index in [0.717, 1.165) is 38.5 Å². The Morgan fingerprint density at radius 1 is 0.486 bits per heavy atom. The van der Waals surface area contributed by atoms with Gasteiger partial charge in [-0.3, -0.25) is 4.79 Å². The van der Waals surface area contributed by atoms with Crippen molar-refractivity contribution in [1.82, 2.24) is 5.32 Å². The van der Waals surface area contributed by atoms with Crippen molar-refractivity contribution in [2.45, 2.75) is 306 Å². The van der Waals surface area contributed by atoms with E-state index in [-0.39, 0.29) is 18.9 Å². The summed E-state index contributed by atoms with van der Waals surface area (Å²) in [6.07, 6.45) is 40.3. The van der Waals surface area contributed by atoms with Crippen LogP contribution in [-0.4, -0.2) is 140 Å². The van der Waals surface area contributed by atoms with Crippen molar-refractivity contribution in [3.8, 4) is 0 Å². The molecule has 2 heterocycles. The largest absolute Gasteiger partial charge is 0.394 e. The number of hydrogen-bond acceptors (Lipinski definition) is 13. The number of allylic oxidation sites excluding steroid dienone is 7. The van der Waals surface area contributed by atoms with E-state index in [0.29, 0.717) is 12.8 Å². The number of unbranched alkanes of at least 4 members (excludes halogenated alkanes) is 28. The summed E-state index contributed by atoms with van der Waals surface area (Å²) in [5.74, 6) is -0.250. The Kier molecular flexibility index (Phi) is 42.2. The Morgan fingerprint density at radius 2 is 0.905 bits per heavy atom. The summed E-state index contributed by atoms with van der Waals surface area (Å²) >= 11 is 0. The second-order valence-electron chi connectivity index (χ2n) is 21.1. The molecule has 74 heavy (non-hydrogen) atoms. The number of carbonyl (C=O) groups is 1. The first-order valence-corrected chi connectivity index (χ1v) is 29.9. The van der Waals surface area contributed by atoms with E-state index in [1.807, 2.05) is 6.08 Å². The molecule has 0 bridgehead atoms. The van der Waals surface area contributed by atoms with Crippen LogP contribution in [-0.2, 0) is 23.7 Å². The first-order valence-electron chi connectivity index (χ1n) is 29.9. The van der Waals surface area contributed by atoms with Crippen LogP contribution in [0.1, 0.15) is 232 Å². The van der Waals surface area contributed by atoms with Gasteiger partial charge in [-0.05, 0) is 64.2 Å². The lowest BCUT2D eigenvalue weighted by molar-refractivity contribution is -0.359. The maximum absolute atomic E-state index is 13.2. The average Bonchev–Trinajstić information content (AvgIpc) is 3.40. The van der Waals surface area contributed by atoms with Crippen LogP contribution in [0.25, 0.3) is 0 Å². The van der Waals surface area contributed by atoms with E-state index in [9.17, 15) is 45.6 Å². The molecule has 2 saturated heterocycles. The predicted octanol–water partition coefficient (Wildman–Crippen LogP) is 10.0. The fraction of sp³-hybridized carbons (Fsp3) is 0.850. The molecule has 2 rings (SSSR count). The van der Waals surface area contributed by atoms with E-state index >= 15 is 0 Å². The maximum atomic E-state index is 13.2. The zero-order valence-corrected chi connectivity index (χ0v) is 46.3. The summed E-state index contributed by atoms with van der Waals surface area (Å²) < 4.78 is 22.7. The van der Waals surface area contributed by atoms with Gasteiger partial charge in [-0.2, -0.15) is 0 Å². The number of amides is 1. The standard InChI is InChI=1S/C60H109NO13/c1-3-5-7-9-11-13-15-16-17-18-19-20-21-22-23-24-25-26-27-28-29-30-31-32-34-36-38-40-42-44-52(65)61-48(49(64)43-41-39-37-35-33-14-12-10-8-6-4-2)47-71-59-57(70)55(68)58(51(46-63)73-59)74-60-56(69)54(67)53(66)50(45-62)72-60/h15-16,18-19,33,35,41,43,48-51,53-60,62-64,66-70H,3-14,17,20-32,34,36-40,42,44-47H2,1-2H3,(H,61,65)/b16-15-,19-18-,35-33+,43-41+. The molecule has 0 aromatic rings. The predicted molar refractivity (Wildman–Crippen MR) is 295 cm³/mol. The van der Waals surface area contributed by atoms with E-state index in [4.69, 9.17) is 18.9 Å². The average molecular weight is 1050 g/mol. The molecule has 432 valence electrons. The number of aliphatic hydroxyl groups is 8. The zero-order chi connectivity index (χ0) is 53.9. The van der Waals surface area contributed by atoms with Crippen molar-refractivity contribution in [3.63, 3.8) is 0 Å². The highest BCUT2D eigenvalue weighted by Crippen LogP contribution is 2.30. The topological polar surface area (TPSA) is 228 Å². The van der Waals surface area contributed by atoms with E-state index in [2.05, 4.69) is 55.6 Å². The number of hydrogen-bond donors (Lipinski definition) is 9. The van der Waals surface area contributed by atoms with Crippen molar-refractivity contribution in [1.29, 1.82) is 0 Å². The van der Waals surface area contributed by atoms with E-state index < -0.39 is 86.8 Å². The first kappa shape index (κ1) is 68.1. The normalized spacial score (nSPS) is 25.5. The lowest BCUT2D eigenvalue weighted by atomic mass is 9.97. The molecule has 2 aliphatic rings. The Morgan fingerprint density at radius 3 is 1.41 bits per heavy atom. The Bertz CT molecular complexity index is 1430. The first-order chi connectivity index (χ1) is 36.1. The summed E-state index contributed by atoms with van der Waals surface area (Å²) in [6, 6.07) is -0.929. The molecule has 12 atom stereocenters. The van der Waals surface area contributed by atoms with Crippen molar-refractivity contribution in [2.75, 3.05) is 19.8 Å². The molecule has 9 N–H and O–H groups in total. The Labute approximate surface area is 448 Å². The summed E-state index contributed by atoms with van der Waals surface area (Å²) in [5.41, 5.74) is 0. The molecular formula is C60H109NO13. The van der Waals surface area contributed by atoms with Crippen LogP contribution in [0.15, 0.2) is 48.6 Å². The fourth-order valence-electron chi connectivity index (χ4n) is 9.63. The molecular weight excluding hydrogens is 943 g/mol. The second kappa shape index (κ2) is 45.9. The van der Waals surface area contributed by atoms with Gasteiger partial charge in [-0.1, -0.05) is 210 Å². The molecule has 0 spiro atoms. The van der Waals surface area contributed by atoms with Gasteiger partial charge in [0.05, 0.1) is 32.0 Å². The molecule has 0 aliphatic carbocycles. The van der Waals surface area contributed by atoms with Crippen LogP contribution in [0.2, 0.25) is 0 Å². The van der Waals surface area contributed by atoms with E-state index in [1.54, 1.807) is 6.08 Å². The highest BCUT2D eigenvalue weighted by Gasteiger charge is 2.51. The van der Waals surface area contributed by atoms with Crippen LogP contribution in [0.5, 0.6) is 0 Å². The highest BCUT2D eigenvalue weighted by molar-refractivity contribution is 5.76.